The van der Waals surface area contributed by atoms with E-state index in [4.69, 9.17) is 17.3 Å². The summed E-state index contributed by atoms with van der Waals surface area (Å²) in [6.07, 6.45) is 2.93. The lowest BCUT2D eigenvalue weighted by Gasteiger charge is -2.26. The number of nitrogens with zero attached hydrogens (tertiary/aromatic N) is 3. The maximum atomic E-state index is 6.04. The van der Waals surface area contributed by atoms with Crippen LogP contribution < -0.4 is 10.6 Å². The quantitative estimate of drug-likeness (QED) is 0.807. The Morgan fingerprint density at radius 2 is 1.61 bits per heavy atom. The maximum Gasteiger partial charge on any atom is 0.222 e. The summed E-state index contributed by atoms with van der Waals surface area (Å²) in [4.78, 5) is 11.3. The van der Waals surface area contributed by atoms with Crippen LogP contribution in [0.2, 0.25) is 5.02 Å². The number of halogens is 1. The first-order valence-corrected chi connectivity index (χ1v) is 8.65. The smallest absolute Gasteiger partial charge is 0.222 e. The Kier molecular flexibility index (Phi) is 6.22. The third kappa shape index (κ3) is 4.14. The second kappa shape index (κ2) is 8.16. The highest BCUT2D eigenvalue weighted by Gasteiger charge is 2.19. The Bertz CT molecular complexity index is 634. The molecule has 0 saturated carbocycles. The van der Waals surface area contributed by atoms with Gasteiger partial charge < -0.3 is 10.6 Å². The van der Waals surface area contributed by atoms with Crippen molar-refractivity contribution in [2.75, 3.05) is 23.7 Å². The molecule has 0 unspecified atom stereocenters. The highest BCUT2D eigenvalue weighted by Crippen LogP contribution is 2.33. The summed E-state index contributed by atoms with van der Waals surface area (Å²) in [6.45, 7) is 8.35. The zero-order chi connectivity index (χ0) is 16.8. The van der Waals surface area contributed by atoms with E-state index >= 15 is 0 Å². The Morgan fingerprint density at radius 3 is 2.13 bits per heavy atom. The van der Waals surface area contributed by atoms with Gasteiger partial charge in [-0.05, 0) is 37.0 Å². The van der Waals surface area contributed by atoms with Crippen LogP contribution in [-0.4, -0.2) is 23.1 Å². The van der Waals surface area contributed by atoms with Crippen molar-refractivity contribution >= 4 is 23.4 Å². The van der Waals surface area contributed by atoms with Gasteiger partial charge in [-0.2, -0.15) is 4.98 Å². The first-order valence-electron chi connectivity index (χ1n) is 8.27. The molecule has 0 aliphatic rings. The van der Waals surface area contributed by atoms with Gasteiger partial charge in [0.15, 0.2) is 0 Å². The molecule has 5 heteroatoms. The molecule has 0 radical (unpaired) electrons. The number of aromatic nitrogens is 2. The summed E-state index contributed by atoms with van der Waals surface area (Å²) >= 11 is 6.04. The second-order valence-electron chi connectivity index (χ2n) is 5.57. The van der Waals surface area contributed by atoms with Crippen LogP contribution in [0.4, 0.5) is 11.8 Å². The summed E-state index contributed by atoms with van der Waals surface area (Å²) in [6, 6.07) is 7.85. The highest BCUT2D eigenvalue weighted by molar-refractivity contribution is 6.30. The largest absolute Gasteiger partial charge is 0.368 e. The van der Waals surface area contributed by atoms with Gasteiger partial charge in [-0.25, -0.2) is 4.98 Å². The molecule has 0 saturated heterocycles. The van der Waals surface area contributed by atoms with Crippen molar-refractivity contribution < 1.29 is 0 Å². The first-order chi connectivity index (χ1) is 11.1. The van der Waals surface area contributed by atoms with Crippen molar-refractivity contribution in [2.45, 2.75) is 40.0 Å². The number of benzene rings is 1. The van der Waals surface area contributed by atoms with E-state index in [0.29, 0.717) is 5.95 Å². The molecule has 2 N–H and O–H groups in total. The molecule has 0 fully saturated rings. The van der Waals surface area contributed by atoms with Gasteiger partial charge in [-0.15, -0.1) is 0 Å². The van der Waals surface area contributed by atoms with Crippen LogP contribution in [0.15, 0.2) is 24.3 Å². The van der Waals surface area contributed by atoms with E-state index in [9.17, 15) is 0 Å². The minimum atomic E-state index is 0.340. The van der Waals surface area contributed by atoms with Crippen molar-refractivity contribution in [2.24, 2.45) is 0 Å². The molecule has 2 aromatic rings. The normalized spacial score (nSPS) is 10.8. The molecule has 23 heavy (non-hydrogen) atoms. The number of hydrogen-bond acceptors (Lipinski definition) is 4. The molecule has 1 aromatic heterocycles. The molecule has 0 spiro atoms. The van der Waals surface area contributed by atoms with E-state index in [2.05, 4.69) is 35.6 Å². The van der Waals surface area contributed by atoms with Crippen molar-refractivity contribution in [1.82, 2.24) is 9.97 Å². The van der Waals surface area contributed by atoms with Crippen LogP contribution in [0.5, 0.6) is 0 Å². The van der Waals surface area contributed by atoms with Gasteiger partial charge in [-0.3, -0.25) is 0 Å². The van der Waals surface area contributed by atoms with Crippen LogP contribution in [0.1, 0.15) is 39.3 Å². The molecule has 4 nitrogen and oxygen atoms in total. The van der Waals surface area contributed by atoms with Crippen molar-refractivity contribution in [1.29, 1.82) is 0 Å². The molecule has 0 bridgehead atoms. The monoisotopic (exact) mass is 332 g/mol. The van der Waals surface area contributed by atoms with Crippen molar-refractivity contribution in [3.05, 3.63) is 35.0 Å². The van der Waals surface area contributed by atoms with Gasteiger partial charge in [0.05, 0.1) is 5.69 Å². The Balaban J connectivity index is 2.63. The zero-order valence-electron chi connectivity index (χ0n) is 14.1. The molecule has 124 valence electrons. The maximum absolute atomic E-state index is 6.04. The predicted molar refractivity (Wildman–Crippen MR) is 99.1 cm³/mol. The topological polar surface area (TPSA) is 55.0 Å². The van der Waals surface area contributed by atoms with Crippen LogP contribution in [0.25, 0.3) is 11.1 Å². The Morgan fingerprint density at radius 1 is 1.00 bits per heavy atom. The summed E-state index contributed by atoms with van der Waals surface area (Å²) in [5.41, 5.74) is 9.10. The molecule has 0 aliphatic carbocycles. The van der Waals surface area contributed by atoms with Crippen LogP contribution in [-0.2, 0) is 6.42 Å². The van der Waals surface area contributed by atoms with Crippen LogP contribution in [0, 0.1) is 0 Å². The third-order valence-corrected chi connectivity index (χ3v) is 3.99. The molecule has 0 aliphatic heterocycles. The molecule has 0 atom stereocenters. The highest BCUT2D eigenvalue weighted by atomic mass is 35.5. The Labute approximate surface area is 143 Å². The van der Waals surface area contributed by atoms with E-state index in [1.54, 1.807) is 0 Å². The number of nitrogen functional groups attached to an aromatic ring is 1. The fraction of sp³-hybridized carbons (Fsp3) is 0.444. The number of rotatable bonds is 7. The number of anilines is 2. The van der Waals surface area contributed by atoms with Crippen LogP contribution >= 0.6 is 11.6 Å². The minimum Gasteiger partial charge on any atom is -0.368 e. The van der Waals surface area contributed by atoms with E-state index in [0.717, 1.165) is 60.0 Å². The number of hydrogen-bond donors (Lipinski definition) is 1. The van der Waals surface area contributed by atoms with Gasteiger partial charge >= 0.3 is 0 Å². The molecule has 1 aromatic carbocycles. The second-order valence-corrected chi connectivity index (χ2v) is 6.01. The lowest BCUT2D eigenvalue weighted by molar-refractivity contribution is 0.733. The van der Waals surface area contributed by atoms with Gasteiger partial charge in [0.25, 0.3) is 0 Å². The summed E-state index contributed by atoms with van der Waals surface area (Å²) in [5, 5.41) is 0.726. The van der Waals surface area contributed by atoms with E-state index < -0.39 is 0 Å². The lowest BCUT2D eigenvalue weighted by Crippen LogP contribution is -2.27. The lowest BCUT2D eigenvalue weighted by atomic mass is 10.0. The fourth-order valence-electron chi connectivity index (χ4n) is 2.77. The third-order valence-electron chi connectivity index (χ3n) is 3.74. The fourth-order valence-corrected chi connectivity index (χ4v) is 2.90. The van der Waals surface area contributed by atoms with Gasteiger partial charge in [0.1, 0.15) is 5.82 Å². The standard InChI is InChI=1S/C18H25ClN4/c1-4-11-23(12-5-2)17-16(13-7-9-14(19)10-8-13)15(6-3)21-18(20)22-17/h7-10H,4-6,11-12H2,1-3H3,(H2,20,21,22). The predicted octanol–water partition coefficient (Wildman–Crippen LogP) is 4.57. The minimum absolute atomic E-state index is 0.340. The van der Waals surface area contributed by atoms with E-state index in [-0.39, 0.29) is 0 Å². The van der Waals surface area contributed by atoms with Gasteiger partial charge in [0.2, 0.25) is 5.95 Å². The SMILES string of the molecule is CCCN(CCC)c1nc(N)nc(CC)c1-c1ccc(Cl)cc1. The van der Waals surface area contributed by atoms with Crippen molar-refractivity contribution in [3.63, 3.8) is 0 Å². The number of aryl methyl sites for hydroxylation is 1. The molecular weight excluding hydrogens is 308 g/mol. The van der Waals surface area contributed by atoms with Crippen molar-refractivity contribution in [3.8, 4) is 11.1 Å². The number of nitrogens with two attached hydrogens (primary N) is 1. The van der Waals surface area contributed by atoms with E-state index in [1.165, 1.54) is 0 Å². The first kappa shape index (κ1) is 17.5. The summed E-state index contributed by atoms with van der Waals surface area (Å²) < 4.78 is 0. The van der Waals surface area contributed by atoms with Crippen LogP contribution in [0.3, 0.4) is 0 Å². The summed E-state index contributed by atoms with van der Waals surface area (Å²) in [7, 11) is 0. The van der Waals surface area contributed by atoms with E-state index in [1.807, 2.05) is 24.3 Å². The zero-order valence-corrected chi connectivity index (χ0v) is 14.9. The summed E-state index contributed by atoms with van der Waals surface area (Å²) in [5.74, 6) is 1.27. The van der Waals surface area contributed by atoms with Gasteiger partial charge in [-0.1, -0.05) is 44.5 Å². The van der Waals surface area contributed by atoms with Gasteiger partial charge in [0, 0.05) is 23.7 Å². The molecule has 1 heterocycles. The average molecular weight is 333 g/mol. The molecule has 0 amide bonds. The molecular formula is C18H25ClN4. The molecule has 2 rings (SSSR count). The average Bonchev–Trinajstić information content (AvgIpc) is 2.55. The Hall–Kier alpha value is -1.81.